The molecule has 1 aliphatic rings. The molecule has 0 heterocycles. The van der Waals surface area contributed by atoms with E-state index in [4.69, 9.17) is 18.5 Å². The van der Waals surface area contributed by atoms with E-state index in [-0.39, 0.29) is 32.0 Å². The van der Waals surface area contributed by atoms with Gasteiger partial charge in [0.25, 0.3) is 0 Å². The van der Waals surface area contributed by atoms with Gasteiger partial charge in [-0.2, -0.15) is 0 Å². The summed E-state index contributed by atoms with van der Waals surface area (Å²) in [6.45, 7) is 2.83. The van der Waals surface area contributed by atoms with Gasteiger partial charge in [0.1, 0.15) is 18.3 Å². The van der Waals surface area contributed by atoms with Gasteiger partial charge in [-0.15, -0.1) is 0 Å². The van der Waals surface area contributed by atoms with Gasteiger partial charge in [0.2, 0.25) is 0 Å². The Morgan fingerprint density at radius 1 is 0.688 bits per heavy atom. The van der Waals surface area contributed by atoms with Gasteiger partial charge in [0, 0.05) is 6.61 Å². The molecule has 0 aliphatic heterocycles. The number of hydrogen-bond donors (Lipinski definition) is 1. The number of ketones is 1. The van der Waals surface area contributed by atoms with Crippen molar-refractivity contribution < 1.29 is 42.1 Å². The van der Waals surface area contributed by atoms with Crippen LogP contribution in [0.2, 0.25) is 0 Å². The van der Waals surface area contributed by atoms with Crippen molar-refractivity contribution in [3.63, 3.8) is 0 Å². The van der Waals surface area contributed by atoms with Gasteiger partial charge in [0.05, 0.1) is 47.5 Å². The minimum absolute atomic E-state index is 0.0275. The lowest BCUT2D eigenvalue weighted by Crippen LogP contribution is -2.35. The number of ether oxygens (including phenoxy) is 2. The molecule has 0 spiro atoms. The first-order valence-corrected chi connectivity index (χ1v) is 21.2. The molecule has 2 atom stereocenters. The average molecular weight is 705 g/mol. The molecule has 48 heavy (non-hydrogen) atoms. The lowest BCUT2D eigenvalue weighted by Gasteiger charge is -2.23. The Labute approximate surface area is 294 Å². The number of unbranched alkanes of at least 4 members (excludes halogenated alkanes) is 16. The first-order chi connectivity index (χ1) is 23.0. The van der Waals surface area contributed by atoms with Crippen LogP contribution in [0.1, 0.15) is 167 Å². The lowest BCUT2D eigenvalue weighted by atomic mass is 9.85. The molecule has 0 saturated heterocycles. The van der Waals surface area contributed by atoms with Gasteiger partial charge < -0.3 is 18.9 Å². The van der Waals surface area contributed by atoms with Crippen LogP contribution in [-0.2, 0) is 32.7 Å². The van der Waals surface area contributed by atoms with Crippen LogP contribution in [0.5, 0.6) is 0 Å². The van der Waals surface area contributed by atoms with Gasteiger partial charge in [-0.25, -0.2) is 4.57 Å². The highest BCUT2D eigenvalue weighted by Crippen LogP contribution is 2.43. The molecule has 0 aromatic carbocycles. The second kappa shape index (κ2) is 28.8. The van der Waals surface area contributed by atoms with Gasteiger partial charge in [0.15, 0.2) is 0 Å². The highest BCUT2D eigenvalue weighted by Gasteiger charge is 2.25. The summed E-state index contributed by atoms with van der Waals surface area (Å²) in [5.41, 5.74) is 0. The molecule has 0 aromatic heterocycles. The Kier molecular flexibility index (Phi) is 27.1. The number of rotatable bonds is 33. The zero-order valence-electron chi connectivity index (χ0n) is 31.6. The predicted octanol–water partition coefficient (Wildman–Crippen LogP) is 9.73. The van der Waals surface area contributed by atoms with Gasteiger partial charge in [-0.3, -0.25) is 18.6 Å². The molecule has 1 aliphatic carbocycles. The number of esters is 1. The normalized spacial score (nSPS) is 16.1. The Morgan fingerprint density at radius 3 is 1.73 bits per heavy atom. The Hall–Kier alpha value is -0.830. The minimum Gasteiger partial charge on any atom is -0.457 e. The molecule has 1 rings (SSSR count). The standard InChI is InChI=1S/C38H74NO8P/c1-35(40)32-38(41)47-37(34-46-48(42,43)45-31-25-18-14-10-8-12-16-23-29-39(2,3)4)33-44-30-24-17-13-9-6-5-7-11-15-20-26-36-27-21-19-22-28-36/h36-37H,5-34H2,1-4H3/p+1. The van der Waals surface area contributed by atoms with Crippen molar-refractivity contribution in [2.24, 2.45) is 5.92 Å². The zero-order valence-corrected chi connectivity index (χ0v) is 32.5. The van der Waals surface area contributed by atoms with Gasteiger partial charge in [-0.1, -0.05) is 128 Å². The smallest absolute Gasteiger partial charge is 0.457 e. The highest BCUT2D eigenvalue weighted by atomic mass is 31.2. The summed E-state index contributed by atoms with van der Waals surface area (Å²) >= 11 is 0. The van der Waals surface area contributed by atoms with E-state index < -0.39 is 19.9 Å². The van der Waals surface area contributed by atoms with Crippen molar-refractivity contribution in [3.8, 4) is 0 Å². The van der Waals surface area contributed by atoms with E-state index in [1.54, 1.807) is 0 Å². The molecule has 2 unspecified atom stereocenters. The van der Waals surface area contributed by atoms with E-state index in [0.29, 0.717) is 13.0 Å². The fourth-order valence-electron chi connectivity index (χ4n) is 6.43. The fraction of sp³-hybridized carbons (Fsp3) is 0.947. The second-order valence-corrected chi connectivity index (χ2v) is 16.8. The van der Waals surface area contributed by atoms with Crippen LogP contribution in [-0.4, -0.2) is 81.3 Å². The lowest BCUT2D eigenvalue weighted by molar-refractivity contribution is -0.870. The molecule has 0 radical (unpaired) electrons. The number of quaternary nitrogens is 1. The predicted molar refractivity (Wildman–Crippen MR) is 195 cm³/mol. The third-order valence-corrected chi connectivity index (χ3v) is 10.3. The number of phosphoric acid groups is 1. The highest BCUT2D eigenvalue weighted by molar-refractivity contribution is 7.47. The Bertz CT molecular complexity index is 843. The van der Waals surface area contributed by atoms with Crippen molar-refractivity contribution in [1.82, 2.24) is 0 Å². The first-order valence-electron chi connectivity index (χ1n) is 19.7. The van der Waals surface area contributed by atoms with E-state index in [2.05, 4.69) is 21.1 Å². The SMILES string of the molecule is CC(=O)CC(=O)OC(COCCCCCCCCCCCCC1CCCCC1)COP(=O)(O)OCCCCCCCCCC[N+](C)(C)C. The van der Waals surface area contributed by atoms with E-state index in [0.717, 1.165) is 42.5 Å². The molecule has 10 heteroatoms. The third kappa shape index (κ3) is 30.0. The van der Waals surface area contributed by atoms with Crippen LogP contribution in [0, 0.1) is 5.92 Å². The van der Waals surface area contributed by atoms with Crippen molar-refractivity contribution in [3.05, 3.63) is 0 Å². The average Bonchev–Trinajstić information content (AvgIpc) is 3.02. The Balaban J connectivity index is 2.10. The monoisotopic (exact) mass is 705 g/mol. The summed E-state index contributed by atoms with van der Waals surface area (Å²) < 4.78 is 34.7. The van der Waals surface area contributed by atoms with Crippen LogP contribution in [0.4, 0.5) is 0 Å². The maximum Gasteiger partial charge on any atom is 0.472 e. The van der Waals surface area contributed by atoms with E-state index in [1.165, 1.54) is 129 Å². The van der Waals surface area contributed by atoms with Crippen molar-refractivity contribution >= 4 is 19.6 Å². The molecular weight excluding hydrogens is 629 g/mol. The van der Waals surface area contributed by atoms with Gasteiger partial charge in [-0.05, 0) is 38.5 Å². The molecule has 0 bridgehead atoms. The Morgan fingerprint density at radius 2 is 1.19 bits per heavy atom. The van der Waals surface area contributed by atoms with Gasteiger partial charge >= 0.3 is 13.8 Å². The van der Waals surface area contributed by atoms with Crippen LogP contribution in [0.25, 0.3) is 0 Å². The molecule has 1 saturated carbocycles. The molecule has 0 aromatic rings. The summed E-state index contributed by atoms with van der Waals surface area (Å²) in [5, 5.41) is 0. The van der Waals surface area contributed by atoms with E-state index >= 15 is 0 Å². The quantitative estimate of drug-likeness (QED) is 0.0237. The third-order valence-electron chi connectivity index (χ3n) is 9.27. The number of Topliss-reactive ketones (excluding diaryl/α,β-unsaturated/α-hetero) is 1. The molecule has 0 amide bonds. The second-order valence-electron chi connectivity index (χ2n) is 15.3. The van der Waals surface area contributed by atoms with Crippen LogP contribution in [0.15, 0.2) is 0 Å². The van der Waals surface area contributed by atoms with E-state index in [1.807, 2.05) is 0 Å². The molecule has 1 N–H and O–H groups in total. The summed E-state index contributed by atoms with van der Waals surface area (Å²) in [6, 6.07) is 0. The zero-order chi connectivity index (χ0) is 35.4. The minimum atomic E-state index is -4.30. The maximum atomic E-state index is 12.4. The van der Waals surface area contributed by atoms with Crippen LogP contribution in [0.3, 0.4) is 0 Å². The largest absolute Gasteiger partial charge is 0.472 e. The van der Waals surface area contributed by atoms with E-state index in [9.17, 15) is 19.0 Å². The van der Waals surface area contributed by atoms with Crippen molar-refractivity contribution in [1.29, 1.82) is 0 Å². The van der Waals surface area contributed by atoms with Crippen molar-refractivity contribution in [2.45, 2.75) is 174 Å². The summed E-state index contributed by atoms with van der Waals surface area (Å²) in [5.74, 6) is -0.00255. The molecule has 284 valence electrons. The number of carbonyl (C=O) groups excluding carboxylic acids is 2. The number of nitrogens with zero attached hydrogens (tertiary/aromatic N) is 1. The first kappa shape index (κ1) is 45.2. The number of phosphoric ester groups is 1. The summed E-state index contributed by atoms with van der Waals surface area (Å²) in [4.78, 5) is 33.5. The number of carbonyl (C=O) groups is 2. The van der Waals surface area contributed by atoms with Crippen LogP contribution >= 0.6 is 7.82 Å². The topological polar surface area (TPSA) is 108 Å². The summed E-state index contributed by atoms with van der Waals surface area (Å²) in [6.07, 6.45) is 28.8. The fourth-order valence-corrected chi connectivity index (χ4v) is 7.22. The molecule has 1 fully saturated rings. The maximum absolute atomic E-state index is 12.4. The molecular formula is C38H75NO8P+. The van der Waals surface area contributed by atoms with Crippen LogP contribution < -0.4 is 0 Å². The molecule has 9 nitrogen and oxygen atoms in total. The summed E-state index contributed by atoms with van der Waals surface area (Å²) in [7, 11) is 2.37. The number of hydrogen-bond acceptors (Lipinski definition) is 7. The van der Waals surface area contributed by atoms with Crippen molar-refractivity contribution in [2.75, 3.05) is 54.1 Å².